The summed E-state index contributed by atoms with van der Waals surface area (Å²) in [5, 5.41) is 9.79. The smallest absolute Gasteiger partial charge is 0.191 e. The van der Waals surface area contributed by atoms with E-state index in [1.807, 2.05) is 17.8 Å². The van der Waals surface area contributed by atoms with Crippen LogP contribution < -0.4 is 0 Å². The number of hydrogen-bond acceptors (Lipinski definition) is 5. The van der Waals surface area contributed by atoms with Gasteiger partial charge in [-0.2, -0.15) is 0 Å². The molecule has 0 unspecified atom stereocenters. The maximum atomic E-state index is 11.9. The van der Waals surface area contributed by atoms with E-state index in [0.717, 1.165) is 34.5 Å². The molecule has 4 saturated carbocycles. The van der Waals surface area contributed by atoms with Gasteiger partial charge >= 0.3 is 0 Å². The quantitative estimate of drug-likeness (QED) is 0.491. The monoisotopic (exact) mass is 421 g/mol. The van der Waals surface area contributed by atoms with Crippen molar-refractivity contribution in [3.8, 4) is 0 Å². The molecule has 4 bridgehead atoms. The second-order valence-corrected chi connectivity index (χ2v) is 13.1. The standard InChI is InChI=1S/C21H31N3O2S2/c1-2-5-24-19(18-3-7-28(25,26)14-18)22-23-20(24)27-6-4-21-11-15-8-16(12-21)10-17(9-15)13-21/h2,15-18H,1,3-14H2/t15?,16?,17?,18-,21?/m0/s1. The Kier molecular flexibility index (Phi) is 4.89. The molecule has 0 N–H and O–H groups in total. The van der Waals surface area contributed by atoms with Crippen LogP contribution in [0.4, 0.5) is 0 Å². The van der Waals surface area contributed by atoms with E-state index in [1.54, 1.807) is 0 Å². The molecule has 1 atom stereocenters. The molecule has 0 amide bonds. The van der Waals surface area contributed by atoms with Gasteiger partial charge in [0.15, 0.2) is 15.0 Å². The first kappa shape index (κ1) is 19.2. The van der Waals surface area contributed by atoms with Crippen molar-refractivity contribution in [1.82, 2.24) is 14.8 Å². The third-order valence-corrected chi connectivity index (χ3v) is 10.4. The molecule has 7 heteroatoms. The van der Waals surface area contributed by atoms with Crippen molar-refractivity contribution in [2.75, 3.05) is 17.3 Å². The summed E-state index contributed by atoms with van der Waals surface area (Å²) in [7, 11) is -2.92. The van der Waals surface area contributed by atoms with Crippen LogP contribution >= 0.6 is 11.8 Å². The summed E-state index contributed by atoms with van der Waals surface area (Å²) in [4.78, 5) is 0. The summed E-state index contributed by atoms with van der Waals surface area (Å²) in [5.41, 5.74) is 0.591. The normalized spacial score (nSPS) is 38.1. The molecule has 6 rings (SSSR count). The van der Waals surface area contributed by atoms with E-state index in [9.17, 15) is 8.42 Å². The van der Waals surface area contributed by atoms with Crippen LogP contribution in [0.2, 0.25) is 0 Å². The second kappa shape index (κ2) is 7.15. The average molecular weight is 422 g/mol. The minimum Gasteiger partial charge on any atom is -0.302 e. The van der Waals surface area contributed by atoms with Crippen molar-refractivity contribution in [3.63, 3.8) is 0 Å². The number of aromatic nitrogens is 3. The molecule has 0 spiro atoms. The molecule has 5 aliphatic rings. The molecule has 154 valence electrons. The lowest BCUT2D eigenvalue weighted by atomic mass is 9.49. The Labute approximate surface area is 172 Å². The molecule has 5 nitrogen and oxygen atoms in total. The van der Waals surface area contributed by atoms with Gasteiger partial charge in [-0.3, -0.25) is 0 Å². The first-order valence-electron chi connectivity index (χ1n) is 10.8. The lowest BCUT2D eigenvalue weighted by molar-refractivity contribution is -0.0538. The number of thioether (sulfide) groups is 1. The van der Waals surface area contributed by atoms with Gasteiger partial charge in [0, 0.05) is 18.2 Å². The Hall–Kier alpha value is -0.820. The molecule has 28 heavy (non-hydrogen) atoms. The highest BCUT2D eigenvalue weighted by Gasteiger charge is 2.50. The van der Waals surface area contributed by atoms with Gasteiger partial charge in [-0.15, -0.1) is 16.8 Å². The fourth-order valence-electron chi connectivity index (χ4n) is 6.96. The number of hydrogen-bond donors (Lipinski definition) is 0. The predicted octanol–water partition coefficient (Wildman–Crippen LogP) is 4.06. The Morgan fingerprint density at radius 2 is 1.82 bits per heavy atom. The highest BCUT2D eigenvalue weighted by Crippen LogP contribution is 2.61. The Balaban J connectivity index is 1.26. The third kappa shape index (κ3) is 3.57. The van der Waals surface area contributed by atoms with Gasteiger partial charge in [-0.25, -0.2) is 8.42 Å². The van der Waals surface area contributed by atoms with E-state index < -0.39 is 9.84 Å². The van der Waals surface area contributed by atoms with E-state index in [2.05, 4.69) is 21.3 Å². The molecule has 1 aromatic heterocycles. The number of sulfone groups is 1. The van der Waals surface area contributed by atoms with Crippen LogP contribution in [0.15, 0.2) is 17.8 Å². The fourth-order valence-corrected chi connectivity index (χ4v) is 9.84. The summed E-state index contributed by atoms with van der Waals surface area (Å²) < 4.78 is 25.9. The Bertz CT molecular complexity index is 826. The van der Waals surface area contributed by atoms with Gasteiger partial charge in [0.25, 0.3) is 0 Å². The minimum absolute atomic E-state index is 0.0186. The largest absolute Gasteiger partial charge is 0.302 e. The van der Waals surface area contributed by atoms with Crippen LogP contribution in [-0.2, 0) is 16.4 Å². The molecular formula is C21H31N3O2S2. The zero-order valence-corrected chi connectivity index (χ0v) is 18.2. The highest BCUT2D eigenvalue weighted by atomic mass is 32.2. The molecule has 1 aromatic rings. The summed E-state index contributed by atoms with van der Waals surface area (Å²) in [6.45, 7) is 4.53. The van der Waals surface area contributed by atoms with Gasteiger partial charge in [0.2, 0.25) is 0 Å². The van der Waals surface area contributed by atoms with Crippen molar-refractivity contribution in [3.05, 3.63) is 18.5 Å². The molecule has 4 aliphatic carbocycles. The number of allylic oxidation sites excluding steroid dienone is 1. The zero-order valence-electron chi connectivity index (χ0n) is 16.6. The van der Waals surface area contributed by atoms with Crippen LogP contribution in [0, 0.1) is 23.2 Å². The highest BCUT2D eigenvalue weighted by molar-refractivity contribution is 7.99. The van der Waals surface area contributed by atoms with Crippen LogP contribution in [0.1, 0.15) is 63.1 Å². The fraction of sp³-hybridized carbons (Fsp3) is 0.810. The minimum atomic E-state index is -2.92. The number of nitrogens with zero attached hydrogens (tertiary/aromatic N) is 3. The van der Waals surface area contributed by atoms with E-state index in [1.165, 1.54) is 44.9 Å². The topological polar surface area (TPSA) is 64.8 Å². The Morgan fingerprint density at radius 3 is 2.39 bits per heavy atom. The van der Waals surface area contributed by atoms with Crippen LogP contribution in [-0.4, -0.2) is 40.4 Å². The lowest BCUT2D eigenvalue weighted by Gasteiger charge is -2.57. The predicted molar refractivity (Wildman–Crippen MR) is 112 cm³/mol. The van der Waals surface area contributed by atoms with Gasteiger partial charge < -0.3 is 4.57 Å². The second-order valence-electron chi connectivity index (χ2n) is 9.86. The van der Waals surface area contributed by atoms with E-state index in [4.69, 9.17) is 0 Å². The van der Waals surface area contributed by atoms with Gasteiger partial charge in [0.05, 0.1) is 11.5 Å². The molecule has 5 fully saturated rings. The molecule has 1 saturated heterocycles. The number of rotatable bonds is 7. The summed E-state index contributed by atoms with van der Waals surface area (Å²) >= 11 is 1.81. The lowest BCUT2D eigenvalue weighted by Crippen LogP contribution is -2.46. The maximum Gasteiger partial charge on any atom is 0.191 e. The van der Waals surface area contributed by atoms with Gasteiger partial charge in [-0.05, 0) is 74.5 Å². The molecular weight excluding hydrogens is 390 g/mol. The van der Waals surface area contributed by atoms with Crippen LogP contribution in [0.25, 0.3) is 0 Å². The van der Waals surface area contributed by atoms with Crippen LogP contribution in [0.5, 0.6) is 0 Å². The SMILES string of the molecule is C=CCn1c(SCCC23CC4CC(CC(C4)C2)C3)nnc1[C@H]1CCS(=O)(=O)C1. The van der Waals surface area contributed by atoms with E-state index in [0.29, 0.717) is 18.4 Å². The van der Waals surface area contributed by atoms with Crippen molar-refractivity contribution in [2.45, 2.75) is 69.0 Å². The van der Waals surface area contributed by atoms with Gasteiger partial charge in [0.1, 0.15) is 5.82 Å². The van der Waals surface area contributed by atoms with Crippen molar-refractivity contribution in [1.29, 1.82) is 0 Å². The third-order valence-electron chi connectivity index (χ3n) is 7.68. The summed E-state index contributed by atoms with van der Waals surface area (Å²) in [6, 6.07) is 0. The first-order chi connectivity index (χ1) is 13.5. The van der Waals surface area contributed by atoms with Gasteiger partial charge in [-0.1, -0.05) is 17.8 Å². The van der Waals surface area contributed by atoms with Crippen LogP contribution in [0.3, 0.4) is 0 Å². The Morgan fingerprint density at radius 1 is 1.14 bits per heavy atom. The van der Waals surface area contributed by atoms with E-state index >= 15 is 0 Å². The molecule has 0 radical (unpaired) electrons. The van der Waals surface area contributed by atoms with Crippen molar-refractivity contribution >= 4 is 21.6 Å². The molecule has 1 aliphatic heterocycles. The average Bonchev–Trinajstić information content (AvgIpc) is 3.17. The van der Waals surface area contributed by atoms with Crippen molar-refractivity contribution in [2.24, 2.45) is 23.2 Å². The summed E-state index contributed by atoms with van der Waals surface area (Å²) in [6.07, 6.45) is 12.6. The molecule has 2 heterocycles. The van der Waals surface area contributed by atoms with E-state index in [-0.39, 0.29) is 17.4 Å². The zero-order chi connectivity index (χ0) is 19.4. The molecule has 0 aromatic carbocycles. The summed E-state index contributed by atoms with van der Waals surface area (Å²) in [5.74, 6) is 5.37. The first-order valence-corrected chi connectivity index (χ1v) is 13.6. The van der Waals surface area contributed by atoms with Crippen molar-refractivity contribution < 1.29 is 8.42 Å². The maximum absolute atomic E-state index is 11.9.